The monoisotopic (exact) mass is 160 g/mol. The zero-order valence-electron chi connectivity index (χ0n) is 8.02. The molecular formula is C9H20O2. The van der Waals surface area contributed by atoms with Crippen LogP contribution < -0.4 is 0 Å². The topological polar surface area (TPSA) is 40.5 Å². The van der Waals surface area contributed by atoms with Crippen molar-refractivity contribution in [2.24, 2.45) is 5.41 Å². The van der Waals surface area contributed by atoms with Gasteiger partial charge in [0.2, 0.25) is 0 Å². The van der Waals surface area contributed by atoms with Gasteiger partial charge in [-0.1, -0.05) is 27.2 Å². The summed E-state index contributed by atoms with van der Waals surface area (Å²) in [7, 11) is 0. The Morgan fingerprint density at radius 2 is 1.64 bits per heavy atom. The van der Waals surface area contributed by atoms with Crippen LogP contribution in [-0.2, 0) is 0 Å². The first kappa shape index (κ1) is 10.9. The first-order chi connectivity index (χ1) is 4.83. The van der Waals surface area contributed by atoms with Crippen LogP contribution in [0.4, 0.5) is 0 Å². The maximum absolute atomic E-state index is 9.54. The summed E-state index contributed by atoms with van der Waals surface area (Å²) >= 11 is 0. The van der Waals surface area contributed by atoms with Crippen molar-refractivity contribution in [3.05, 3.63) is 0 Å². The molecule has 0 aliphatic carbocycles. The highest BCUT2D eigenvalue weighted by Gasteiger charge is 2.28. The standard InChI is InChI=1S/C9H20O2/c1-5-8(2,3)6-9(4,11)7-10/h10-11H,5-7H2,1-4H3. The molecule has 1 atom stereocenters. The Hall–Kier alpha value is -0.0800. The predicted molar refractivity (Wildman–Crippen MR) is 46.4 cm³/mol. The number of aliphatic hydroxyl groups excluding tert-OH is 1. The van der Waals surface area contributed by atoms with E-state index in [-0.39, 0.29) is 12.0 Å². The Labute approximate surface area is 69.2 Å². The van der Waals surface area contributed by atoms with Gasteiger partial charge in [-0.3, -0.25) is 0 Å². The molecule has 0 amide bonds. The maximum Gasteiger partial charge on any atom is 0.0854 e. The third kappa shape index (κ3) is 4.38. The maximum atomic E-state index is 9.54. The van der Waals surface area contributed by atoms with E-state index >= 15 is 0 Å². The van der Waals surface area contributed by atoms with Crippen LogP contribution in [0.3, 0.4) is 0 Å². The van der Waals surface area contributed by atoms with Gasteiger partial charge in [-0.05, 0) is 18.8 Å². The number of rotatable bonds is 4. The smallest absolute Gasteiger partial charge is 0.0854 e. The molecule has 0 bridgehead atoms. The van der Waals surface area contributed by atoms with Crippen molar-refractivity contribution in [1.82, 2.24) is 0 Å². The van der Waals surface area contributed by atoms with Crippen molar-refractivity contribution in [3.8, 4) is 0 Å². The molecule has 0 aromatic carbocycles. The highest BCUT2D eigenvalue weighted by molar-refractivity contribution is 4.80. The quantitative estimate of drug-likeness (QED) is 0.655. The van der Waals surface area contributed by atoms with Gasteiger partial charge in [0.25, 0.3) is 0 Å². The van der Waals surface area contributed by atoms with Crippen LogP contribution in [0.2, 0.25) is 0 Å². The van der Waals surface area contributed by atoms with Gasteiger partial charge in [0.1, 0.15) is 0 Å². The Bertz CT molecular complexity index is 103. The molecule has 0 aromatic rings. The van der Waals surface area contributed by atoms with Gasteiger partial charge in [-0.2, -0.15) is 0 Å². The second kappa shape index (κ2) is 3.55. The SMILES string of the molecule is CCC(C)(C)CC(C)(O)CO. The molecule has 68 valence electrons. The summed E-state index contributed by atoms with van der Waals surface area (Å²) in [4.78, 5) is 0. The summed E-state index contributed by atoms with van der Waals surface area (Å²) in [5.41, 5.74) is -0.800. The van der Waals surface area contributed by atoms with Crippen LogP contribution in [0.15, 0.2) is 0 Å². The Morgan fingerprint density at radius 1 is 1.18 bits per heavy atom. The number of hydrogen-bond donors (Lipinski definition) is 2. The summed E-state index contributed by atoms with van der Waals surface area (Å²) < 4.78 is 0. The number of hydrogen-bond acceptors (Lipinski definition) is 2. The van der Waals surface area contributed by atoms with Crippen molar-refractivity contribution in [3.63, 3.8) is 0 Å². The molecule has 0 fully saturated rings. The van der Waals surface area contributed by atoms with Gasteiger partial charge in [0.15, 0.2) is 0 Å². The zero-order valence-corrected chi connectivity index (χ0v) is 8.02. The van der Waals surface area contributed by atoms with E-state index in [9.17, 15) is 5.11 Å². The largest absolute Gasteiger partial charge is 0.393 e. The molecule has 0 heterocycles. The highest BCUT2D eigenvalue weighted by Crippen LogP contribution is 2.30. The number of aliphatic hydroxyl groups is 2. The van der Waals surface area contributed by atoms with Crippen LogP contribution in [-0.4, -0.2) is 22.4 Å². The minimum atomic E-state index is -0.917. The molecule has 11 heavy (non-hydrogen) atoms. The first-order valence-corrected chi connectivity index (χ1v) is 4.16. The molecule has 0 rings (SSSR count). The van der Waals surface area contributed by atoms with Crippen LogP contribution in [0, 0.1) is 5.41 Å². The molecule has 0 aliphatic heterocycles. The van der Waals surface area contributed by atoms with E-state index in [4.69, 9.17) is 5.11 Å². The Balaban J connectivity index is 4.02. The van der Waals surface area contributed by atoms with Crippen LogP contribution in [0.1, 0.15) is 40.5 Å². The van der Waals surface area contributed by atoms with Crippen LogP contribution >= 0.6 is 0 Å². The molecular weight excluding hydrogens is 140 g/mol. The lowest BCUT2D eigenvalue weighted by atomic mass is 9.79. The average molecular weight is 160 g/mol. The van der Waals surface area contributed by atoms with Crippen LogP contribution in [0.5, 0.6) is 0 Å². The highest BCUT2D eigenvalue weighted by atomic mass is 16.3. The molecule has 2 heteroatoms. The Morgan fingerprint density at radius 3 is 1.91 bits per heavy atom. The van der Waals surface area contributed by atoms with Gasteiger partial charge in [-0.15, -0.1) is 0 Å². The lowest BCUT2D eigenvalue weighted by Gasteiger charge is -2.31. The van der Waals surface area contributed by atoms with E-state index < -0.39 is 5.60 Å². The van der Waals surface area contributed by atoms with E-state index in [0.717, 1.165) is 6.42 Å². The second-order valence-corrected chi connectivity index (χ2v) is 4.35. The minimum Gasteiger partial charge on any atom is -0.393 e. The van der Waals surface area contributed by atoms with Crippen molar-refractivity contribution in [2.45, 2.75) is 46.1 Å². The van der Waals surface area contributed by atoms with Gasteiger partial charge in [0.05, 0.1) is 12.2 Å². The van der Waals surface area contributed by atoms with Gasteiger partial charge in [0, 0.05) is 0 Å². The van der Waals surface area contributed by atoms with Crippen molar-refractivity contribution in [1.29, 1.82) is 0 Å². The van der Waals surface area contributed by atoms with Crippen molar-refractivity contribution < 1.29 is 10.2 Å². The summed E-state index contributed by atoms with van der Waals surface area (Å²) in [6.07, 6.45) is 1.66. The normalized spacial score (nSPS) is 18.0. The summed E-state index contributed by atoms with van der Waals surface area (Å²) in [5.74, 6) is 0. The molecule has 0 aromatic heterocycles. The molecule has 0 radical (unpaired) electrons. The van der Waals surface area contributed by atoms with E-state index in [2.05, 4.69) is 20.8 Å². The van der Waals surface area contributed by atoms with E-state index in [1.807, 2.05) is 0 Å². The molecule has 0 aliphatic rings. The lowest BCUT2D eigenvalue weighted by Crippen LogP contribution is -2.34. The minimum absolute atomic E-state index is 0.117. The summed E-state index contributed by atoms with van der Waals surface area (Å²) in [6, 6.07) is 0. The van der Waals surface area contributed by atoms with Gasteiger partial charge < -0.3 is 10.2 Å². The average Bonchev–Trinajstić information content (AvgIpc) is 1.86. The fourth-order valence-electron chi connectivity index (χ4n) is 1.21. The fraction of sp³-hybridized carbons (Fsp3) is 1.00. The van der Waals surface area contributed by atoms with Gasteiger partial charge >= 0.3 is 0 Å². The third-order valence-corrected chi connectivity index (χ3v) is 2.16. The predicted octanol–water partition coefficient (Wildman–Crippen LogP) is 1.56. The third-order valence-electron chi connectivity index (χ3n) is 2.16. The van der Waals surface area contributed by atoms with Crippen LogP contribution in [0.25, 0.3) is 0 Å². The van der Waals surface area contributed by atoms with Gasteiger partial charge in [-0.25, -0.2) is 0 Å². The van der Waals surface area contributed by atoms with Crippen molar-refractivity contribution in [2.75, 3.05) is 6.61 Å². The Kier molecular flexibility index (Phi) is 3.52. The van der Waals surface area contributed by atoms with E-state index in [1.54, 1.807) is 6.92 Å². The zero-order chi connectivity index (χ0) is 9.12. The molecule has 0 saturated heterocycles. The van der Waals surface area contributed by atoms with Crippen molar-refractivity contribution >= 4 is 0 Å². The molecule has 0 saturated carbocycles. The molecule has 1 unspecified atom stereocenters. The second-order valence-electron chi connectivity index (χ2n) is 4.35. The van der Waals surface area contributed by atoms with E-state index in [1.165, 1.54) is 0 Å². The molecule has 0 spiro atoms. The fourth-order valence-corrected chi connectivity index (χ4v) is 1.21. The molecule has 2 N–H and O–H groups in total. The molecule has 2 nitrogen and oxygen atoms in total. The summed E-state index contributed by atoms with van der Waals surface area (Å²) in [6.45, 7) is 7.79. The lowest BCUT2D eigenvalue weighted by molar-refractivity contribution is -0.0319. The first-order valence-electron chi connectivity index (χ1n) is 4.16. The van der Waals surface area contributed by atoms with E-state index in [0.29, 0.717) is 6.42 Å². The summed E-state index contributed by atoms with van der Waals surface area (Å²) in [5, 5.41) is 18.3.